The minimum absolute atomic E-state index is 0.222. The molecule has 0 spiro atoms. The zero-order chi connectivity index (χ0) is 19.2. The van der Waals surface area contributed by atoms with E-state index >= 15 is 0 Å². The molecule has 0 aromatic heterocycles. The lowest BCUT2D eigenvalue weighted by atomic mass is 10.1. The number of methoxy groups -OCH3 is 1. The quantitative estimate of drug-likeness (QED) is 0.667. The highest BCUT2D eigenvalue weighted by molar-refractivity contribution is 5.95. The van der Waals surface area contributed by atoms with E-state index < -0.39 is 6.10 Å². The summed E-state index contributed by atoms with van der Waals surface area (Å²) in [6.45, 7) is 4.06. The van der Waals surface area contributed by atoms with Gasteiger partial charge in [-0.2, -0.15) is 0 Å². The van der Waals surface area contributed by atoms with Crippen molar-refractivity contribution < 1.29 is 14.3 Å². The number of hydrogen-bond donors (Lipinski definition) is 1. The summed E-state index contributed by atoms with van der Waals surface area (Å²) in [5.74, 6) is 1.11. The summed E-state index contributed by atoms with van der Waals surface area (Å²) in [6.07, 6.45) is -0.763. The Hall–Kier alpha value is -3.27. The van der Waals surface area contributed by atoms with Gasteiger partial charge in [-0.15, -0.1) is 0 Å². The van der Waals surface area contributed by atoms with Crippen LogP contribution in [0.2, 0.25) is 0 Å². The first-order chi connectivity index (χ1) is 13.1. The Kier molecular flexibility index (Phi) is 5.77. The lowest BCUT2D eigenvalue weighted by Gasteiger charge is -2.20. The maximum atomic E-state index is 13.0. The average Bonchev–Trinajstić information content (AvgIpc) is 2.70. The maximum Gasteiger partial charge on any atom is 0.270 e. The van der Waals surface area contributed by atoms with Gasteiger partial charge in [0, 0.05) is 11.3 Å². The summed E-state index contributed by atoms with van der Waals surface area (Å²) in [4.78, 5) is 13.0. The Morgan fingerprint density at radius 1 is 0.852 bits per heavy atom. The topological polar surface area (TPSA) is 47.6 Å². The predicted octanol–water partition coefficient (Wildman–Crippen LogP) is 5.07. The van der Waals surface area contributed by atoms with Crippen LogP contribution in [0.25, 0.3) is 0 Å². The number of anilines is 1. The van der Waals surface area contributed by atoms with Gasteiger partial charge in [0.25, 0.3) is 5.91 Å². The lowest BCUT2D eigenvalue weighted by Crippen LogP contribution is -2.25. The molecule has 0 saturated heterocycles. The van der Waals surface area contributed by atoms with Crippen molar-refractivity contribution >= 4 is 11.6 Å². The Labute approximate surface area is 159 Å². The lowest BCUT2D eigenvalue weighted by molar-refractivity contribution is -0.123. The van der Waals surface area contributed by atoms with Crippen LogP contribution in [0.1, 0.15) is 22.8 Å². The van der Waals surface area contributed by atoms with Crippen molar-refractivity contribution in [2.24, 2.45) is 0 Å². The molecule has 3 aromatic rings. The smallest absolute Gasteiger partial charge is 0.270 e. The van der Waals surface area contributed by atoms with E-state index in [1.807, 2.05) is 62.4 Å². The third-order valence-electron chi connectivity index (χ3n) is 4.43. The second-order valence-electron chi connectivity index (χ2n) is 6.37. The molecule has 0 fully saturated rings. The fraction of sp³-hybridized carbons (Fsp3) is 0.174. The van der Waals surface area contributed by atoms with Crippen LogP contribution in [-0.2, 0) is 4.79 Å². The highest BCUT2D eigenvalue weighted by atomic mass is 16.5. The molecule has 3 aromatic carbocycles. The van der Waals surface area contributed by atoms with Crippen LogP contribution in [0.3, 0.4) is 0 Å². The number of hydrogen-bond acceptors (Lipinski definition) is 3. The first kappa shape index (κ1) is 18.5. The Bertz CT molecular complexity index is 905. The minimum atomic E-state index is -0.763. The van der Waals surface area contributed by atoms with Gasteiger partial charge in [-0.3, -0.25) is 4.79 Å². The van der Waals surface area contributed by atoms with Crippen molar-refractivity contribution in [3.05, 3.63) is 89.5 Å². The van der Waals surface area contributed by atoms with E-state index in [-0.39, 0.29) is 5.91 Å². The van der Waals surface area contributed by atoms with Crippen molar-refractivity contribution in [1.82, 2.24) is 0 Å². The number of aryl methyl sites for hydroxylation is 2. The number of amides is 1. The first-order valence-corrected chi connectivity index (χ1v) is 8.80. The zero-order valence-corrected chi connectivity index (χ0v) is 15.7. The molecule has 0 saturated carbocycles. The fourth-order valence-electron chi connectivity index (χ4n) is 2.72. The van der Waals surface area contributed by atoms with Gasteiger partial charge in [-0.1, -0.05) is 36.4 Å². The standard InChI is InChI=1S/C23H23NO3/c1-16-9-10-19(15-17(16)2)24-23(25)22(18-7-5-4-6-8-18)27-21-13-11-20(26-3)12-14-21/h4-15,22H,1-3H3,(H,24,25)/t22-/m0/s1. The van der Waals surface area contributed by atoms with E-state index in [9.17, 15) is 4.79 Å². The number of carbonyl (C=O) groups is 1. The molecular formula is C23H23NO3. The molecule has 0 unspecified atom stereocenters. The van der Waals surface area contributed by atoms with Gasteiger partial charge >= 0.3 is 0 Å². The molecule has 4 heteroatoms. The van der Waals surface area contributed by atoms with Gasteiger partial charge in [0.2, 0.25) is 6.10 Å². The largest absolute Gasteiger partial charge is 0.497 e. The van der Waals surface area contributed by atoms with Crippen molar-refractivity contribution in [3.8, 4) is 11.5 Å². The minimum Gasteiger partial charge on any atom is -0.497 e. The summed E-state index contributed by atoms with van der Waals surface area (Å²) in [5.41, 5.74) is 3.85. The monoisotopic (exact) mass is 361 g/mol. The molecule has 0 radical (unpaired) electrons. The van der Waals surface area contributed by atoms with Crippen LogP contribution >= 0.6 is 0 Å². The van der Waals surface area contributed by atoms with E-state index in [0.29, 0.717) is 5.75 Å². The molecule has 0 aliphatic carbocycles. The Morgan fingerprint density at radius 2 is 1.52 bits per heavy atom. The van der Waals surface area contributed by atoms with Crippen LogP contribution in [0, 0.1) is 13.8 Å². The van der Waals surface area contributed by atoms with E-state index in [4.69, 9.17) is 9.47 Å². The Balaban J connectivity index is 1.84. The third kappa shape index (κ3) is 4.67. The van der Waals surface area contributed by atoms with Gasteiger partial charge in [-0.05, 0) is 61.4 Å². The molecule has 138 valence electrons. The second kappa shape index (κ2) is 8.41. The SMILES string of the molecule is COc1ccc(O[C@H](C(=O)Nc2ccc(C)c(C)c2)c2ccccc2)cc1. The third-order valence-corrected chi connectivity index (χ3v) is 4.43. The molecular weight excluding hydrogens is 338 g/mol. The summed E-state index contributed by atoms with van der Waals surface area (Å²) < 4.78 is 11.2. The molecule has 4 nitrogen and oxygen atoms in total. The summed E-state index contributed by atoms with van der Waals surface area (Å²) in [6, 6.07) is 22.5. The molecule has 0 aliphatic rings. The number of nitrogens with one attached hydrogen (secondary N) is 1. The highest BCUT2D eigenvalue weighted by Gasteiger charge is 2.23. The molecule has 0 bridgehead atoms. The van der Waals surface area contributed by atoms with Gasteiger partial charge in [-0.25, -0.2) is 0 Å². The van der Waals surface area contributed by atoms with Crippen LogP contribution in [0.5, 0.6) is 11.5 Å². The number of ether oxygens (including phenoxy) is 2. The molecule has 0 aliphatic heterocycles. The predicted molar refractivity (Wildman–Crippen MR) is 107 cm³/mol. The van der Waals surface area contributed by atoms with Crippen LogP contribution in [-0.4, -0.2) is 13.0 Å². The zero-order valence-electron chi connectivity index (χ0n) is 15.7. The molecule has 0 heterocycles. The van der Waals surface area contributed by atoms with Gasteiger partial charge in [0.05, 0.1) is 7.11 Å². The molecule has 1 N–H and O–H groups in total. The number of benzene rings is 3. The average molecular weight is 361 g/mol. The van der Waals surface area contributed by atoms with Crippen LogP contribution in [0.15, 0.2) is 72.8 Å². The molecule has 1 amide bonds. The van der Waals surface area contributed by atoms with Crippen LogP contribution < -0.4 is 14.8 Å². The molecule has 1 atom stereocenters. The van der Waals surface area contributed by atoms with E-state index in [1.165, 1.54) is 5.56 Å². The van der Waals surface area contributed by atoms with Gasteiger partial charge < -0.3 is 14.8 Å². The van der Waals surface area contributed by atoms with Crippen molar-refractivity contribution in [2.45, 2.75) is 20.0 Å². The van der Waals surface area contributed by atoms with Gasteiger partial charge in [0.1, 0.15) is 11.5 Å². The molecule has 3 rings (SSSR count). The first-order valence-electron chi connectivity index (χ1n) is 8.80. The normalized spacial score (nSPS) is 11.5. The van der Waals surface area contributed by atoms with Crippen molar-refractivity contribution in [2.75, 3.05) is 12.4 Å². The summed E-state index contributed by atoms with van der Waals surface area (Å²) >= 11 is 0. The highest BCUT2D eigenvalue weighted by Crippen LogP contribution is 2.26. The Morgan fingerprint density at radius 3 is 2.15 bits per heavy atom. The van der Waals surface area contributed by atoms with Crippen molar-refractivity contribution in [1.29, 1.82) is 0 Å². The van der Waals surface area contributed by atoms with E-state index in [1.54, 1.807) is 31.4 Å². The van der Waals surface area contributed by atoms with Gasteiger partial charge in [0.15, 0.2) is 0 Å². The second-order valence-corrected chi connectivity index (χ2v) is 6.37. The summed E-state index contributed by atoms with van der Waals surface area (Å²) in [5, 5.41) is 2.96. The number of carbonyl (C=O) groups excluding carboxylic acids is 1. The van der Waals surface area contributed by atoms with E-state index in [2.05, 4.69) is 5.32 Å². The van der Waals surface area contributed by atoms with E-state index in [0.717, 1.165) is 22.6 Å². The number of rotatable bonds is 6. The van der Waals surface area contributed by atoms with Crippen LogP contribution in [0.4, 0.5) is 5.69 Å². The molecule has 27 heavy (non-hydrogen) atoms. The van der Waals surface area contributed by atoms with Crippen molar-refractivity contribution in [3.63, 3.8) is 0 Å². The summed E-state index contributed by atoms with van der Waals surface area (Å²) in [7, 11) is 1.61. The maximum absolute atomic E-state index is 13.0. The fourth-order valence-corrected chi connectivity index (χ4v) is 2.72.